The minimum atomic E-state index is 0. The van der Waals surface area contributed by atoms with E-state index >= 15 is 0 Å². The van der Waals surface area contributed by atoms with Crippen molar-refractivity contribution in [2.45, 2.75) is 6.42 Å². The molecule has 0 aliphatic heterocycles. The van der Waals surface area contributed by atoms with Crippen LogP contribution in [0.2, 0.25) is 0 Å². The van der Waals surface area contributed by atoms with Crippen LogP contribution in [0.15, 0.2) is 18.2 Å². The minimum Gasteiger partial charge on any atom is -0.512 e. The van der Waals surface area contributed by atoms with Gasteiger partial charge in [0.25, 0.3) is 0 Å². The maximum Gasteiger partial charge on any atom is 2.00 e. The molecule has 0 unspecified atom stereocenters. The summed E-state index contributed by atoms with van der Waals surface area (Å²) >= 11 is 0. The van der Waals surface area contributed by atoms with Crippen molar-refractivity contribution < 1.29 is 17.1 Å². The van der Waals surface area contributed by atoms with E-state index in [0.717, 1.165) is 6.42 Å². The summed E-state index contributed by atoms with van der Waals surface area (Å²) in [7, 11) is 0. The van der Waals surface area contributed by atoms with Gasteiger partial charge in [-0.25, -0.2) is 12.2 Å². The van der Waals surface area contributed by atoms with Gasteiger partial charge in [-0.2, -0.15) is 6.08 Å². The van der Waals surface area contributed by atoms with Gasteiger partial charge in [0.2, 0.25) is 0 Å². The Kier molecular flexibility index (Phi) is 12.7. The molecule has 1 radical (unpaired) electrons. The van der Waals surface area contributed by atoms with Crippen molar-refractivity contribution in [2.24, 2.45) is 0 Å². The van der Waals surface area contributed by atoms with E-state index < -0.39 is 0 Å². The molecule has 0 heterocycles. The van der Waals surface area contributed by atoms with Crippen LogP contribution in [-0.2, 0) is 17.1 Å². The molecule has 0 fully saturated rings. The predicted molar refractivity (Wildman–Crippen MR) is 26.5 cm³/mol. The Bertz CT molecular complexity index is 92.3. The van der Waals surface area contributed by atoms with Gasteiger partial charge in [-0.3, -0.25) is 6.08 Å². The van der Waals surface area contributed by atoms with Crippen LogP contribution in [0.25, 0.3) is 0 Å². The maximum atomic E-state index is 6.25. The van der Waals surface area contributed by atoms with Crippen LogP contribution in [0.1, 0.15) is 6.42 Å². The fourth-order valence-corrected chi connectivity index (χ4v) is 0.340. The molecule has 1 aliphatic carbocycles. The van der Waals surface area contributed by atoms with E-state index in [1.807, 2.05) is 12.2 Å². The van der Waals surface area contributed by atoms with Crippen LogP contribution in [0.5, 0.6) is 0 Å². The average Bonchev–Trinajstić information content (AvgIpc) is 2.23. The monoisotopic (exact) mass is 154 g/mol. The molecule has 1 aliphatic rings. The van der Waals surface area contributed by atoms with Crippen molar-refractivity contribution >= 4 is 0 Å². The van der Waals surface area contributed by atoms with Crippen molar-refractivity contribution in [3.05, 3.63) is 30.9 Å². The normalized spacial score (nSPS) is 11.2. The van der Waals surface area contributed by atoms with Gasteiger partial charge in [0, 0.05) is 0 Å². The van der Waals surface area contributed by atoms with Crippen molar-refractivity contribution in [1.82, 2.24) is 0 Å². The van der Waals surface area contributed by atoms with E-state index in [2.05, 4.69) is 12.2 Å². The zero-order valence-electron chi connectivity index (χ0n) is 4.19. The molecule has 0 aromatic carbocycles. The third-order valence-corrected chi connectivity index (χ3v) is 0.586. The third kappa shape index (κ3) is 5.49. The van der Waals surface area contributed by atoms with Crippen molar-refractivity contribution in [1.29, 1.82) is 5.26 Å². The summed E-state index contributed by atoms with van der Waals surface area (Å²) in [6, 6.07) is 0. The summed E-state index contributed by atoms with van der Waals surface area (Å²) in [5.41, 5.74) is 0. The largest absolute Gasteiger partial charge is 2.00 e. The minimum absolute atomic E-state index is 0. The number of rotatable bonds is 0. The van der Waals surface area contributed by atoms with Crippen LogP contribution >= 0.6 is 0 Å². The summed E-state index contributed by atoms with van der Waals surface area (Å²) in [5, 5.41) is 6.25. The van der Waals surface area contributed by atoms with Crippen molar-refractivity contribution in [3.8, 4) is 0 Å². The Hall–Kier alpha value is -0.511. The molecule has 0 atom stereocenters. The molecule has 0 saturated heterocycles. The van der Waals surface area contributed by atoms with Crippen LogP contribution in [0.3, 0.4) is 0 Å². The molecule has 0 spiro atoms. The van der Waals surface area contributed by atoms with Gasteiger partial charge in [-0.05, 0) is 0 Å². The third-order valence-electron chi connectivity index (χ3n) is 0.586. The van der Waals surface area contributed by atoms with Gasteiger partial charge in [0.15, 0.2) is 0 Å². The molecular formula is C6H5CuN. The second-order valence-corrected chi connectivity index (χ2v) is 1.00. The predicted octanol–water partition coefficient (Wildman–Crippen LogP) is 1.40. The molecule has 1 rings (SSSR count). The molecule has 0 aromatic rings. The van der Waals surface area contributed by atoms with Gasteiger partial charge in [0.05, 0.1) is 0 Å². The molecule has 0 bridgehead atoms. The van der Waals surface area contributed by atoms with Crippen molar-refractivity contribution in [3.63, 3.8) is 0 Å². The van der Waals surface area contributed by atoms with E-state index in [4.69, 9.17) is 11.8 Å². The van der Waals surface area contributed by atoms with E-state index in [1.165, 1.54) is 0 Å². The standard InChI is InChI=1S/C5H5.CN.Cu/c1-2-4-5-3-1;1-2;/h1-3H,4H2;;/q2*-1;+2. The first-order valence-corrected chi connectivity index (χ1v) is 1.94. The van der Waals surface area contributed by atoms with Gasteiger partial charge in [0.1, 0.15) is 0 Å². The molecule has 0 N–H and O–H groups in total. The SMILES string of the molecule is [C-]#N.[C-]1=CC=CC1.[Cu+2]. The summed E-state index contributed by atoms with van der Waals surface area (Å²) in [5.74, 6) is 0. The summed E-state index contributed by atoms with van der Waals surface area (Å²) in [6.45, 7) is 4.75. The Labute approximate surface area is 60.2 Å². The summed E-state index contributed by atoms with van der Waals surface area (Å²) < 4.78 is 0. The smallest absolute Gasteiger partial charge is 0.512 e. The Balaban J connectivity index is 0. The van der Waals surface area contributed by atoms with Gasteiger partial charge in [-0.15, -0.1) is 6.42 Å². The average molecular weight is 155 g/mol. The Morgan fingerprint density at radius 2 is 2.12 bits per heavy atom. The maximum absolute atomic E-state index is 6.25. The topological polar surface area (TPSA) is 23.8 Å². The number of hydrogen-bond acceptors (Lipinski definition) is 1. The zero-order chi connectivity index (χ0) is 5.54. The first-order chi connectivity index (χ1) is 3.50. The first-order valence-electron chi connectivity index (χ1n) is 1.94. The number of allylic oxidation sites excluding steroid dienone is 4. The van der Waals surface area contributed by atoms with Crippen LogP contribution in [0.4, 0.5) is 0 Å². The molecule has 2 heteroatoms. The van der Waals surface area contributed by atoms with Crippen LogP contribution in [0, 0.1) is 17.9 Å². The van der Waals surface area contributed by atoms with E-state index in [0.29, 0.717) is 0 Å². The quantitative estimate of drug-likeness (QED) is 0.382. The van der Waals surface area contributed by atoms with E-state index in [1.54, 1.807) is 0 Å². The second-order valence-electron chi connectivity index (χ2n) is 1.00. The molecule has 0 aromatic heterocycles. The Morgan fingerprint density at radius 3 is 2.25 bits per heavy atom. The molecule has 0 amide bonds. The van der Waals surface area contributed by atoms with Crippen LogP contribution < -0.4 is 0 Å². The second kappa shape index (κ2) is 9.70. The van der Waals surface area contributed by atoms with Crippen LogP contribution in [-0.4, -0.2) is 0 Å². The van der Waals surface area contributed by atoms with Gasteiger partial charge >= 0.3 is 17.1 Å². The fraction of sp³-hybridized carbons (Fsp3) is 0.167. The summed E-state index contributed by atoms with van der Waals surface area (Å²) in [6.07, 6.45) is 10.0. The molecular weight excluding hydrogens is 150 g/mol. The first kappa shape index (κ1) is 10.5. The molecule has 1 nitrogen and oxygen atoms in total. The molecule has 8 heavy (non-hydrogen) atoms. The van der Waals surface area contributed by atoms with Crippen molar-refractivity contribution in [2.75, 3.05) is 0 Å². The molecule has 45 valence electrons. The van der Waals surface area contributed by atoms with E-state index in [-0.39, 0.29) is 17.1 Å². The van der Waals surface area contributed by atoms with E-state index in [9.17, 15) is 0 Å². The Morgan fingerprint density at radius 1 is 1.50 bits per heavy atom. The van der Waals surface area contributed by atoms with Gasteiger partial charge < -0.3 is 11.8 Å². The van der Waals surface area contributed by atoms with Gasteiger partial charge in [-0.1, -0.05) is 0 Å². The zero-order valence-corrected chi connectivity index (χ0v) is 5.13. The summed E-state index contributed by atoms with van der Waals surface area (Å²) in [4.78, 5) is 0. The number of nitrogens with zero attached hydrogens (tertiary/aromatic N) is 1. The fourth-order valence-electron chi connectivity index (χ4n) is 0.340. The molecule has 0 saturated carbocycles. The number of hydrogen-bond donors (Lipinski definition) is 0.